The molecule has 1 atom stereocenters. The van der Waals surface area contributed by atoms with E-state index in [1.54, 1.807) is 24.0 Å². The predicted octanol–water partition coefficient (Wildman–Crippen LogP) is 1.62. The Hall–Kier alpha value is -1.83. The fraction of sp³-hybridized carbons (Fsp3) is 0.438. The second-order valence-corrected chi connectivity index (χ2v) is 6.88. The minimum Gasteiger partial charge on any atom is -0.378 e. The zero-order valence-electron chi connectivity index (χ0n) is 13.6. The number of amides is 4. The van der Waals surface area contributed by atoms with Crippen molar-refractivity contribution in [2.75, 3.05) is 32.8 Å². The van der Waals surface area contributed by atoms with Gasteiger partial charge in [-0.1, -0.05) is 29.3 Å². The SMILES string of the molecule is C[C@]1(c2ccc(Cl)c(Cl)c2)NC(=O)N(CC(=O)N2CCOCC2)C1=O. The predicted molar refractivity (Wildman–Crippen MR) is 91.5 cm³/mol. The van der Waals surface area contributed by atoms with Crippen LogP contribution in [0.5, 0.6) is 0 Å². The van der Waals surface area contributed by atoms with Gasteiger partial charge in [0.25, 0.3) is 5.91 Å². The molecule has 0 aliphatic carbocycles. The number of halogens is 2. The summed E-state index contributed by atoms with van der Waals surface area (Å²) < 4.78 is 5.20. The van der Waals surface area contributed by atoms with Gasteiger partial charge in [0.05, 0.1) is 23.3 Å². The Bertz CT molecular complexity index is 736. The van der Waals surface area contributed by atoms with Crippen LogP contribution in [0.1, 0.15) is 12.5 Å². The van der Waals surface area contributed by atoms with E-state index >= 15 is 0 Å². The molecular formula is C16H17Cl2N3O4. The Morgan fingerprint density at radius 3 is 2.56 bits per heavy atom. The van der Waals surface area contributed by atoms with E-state index in [4.69, 9.17) is 27.9 Å². The fourth-order valence-corrected chi connectivity index (χ4v) is 3.19. The van der Waals surface area contributed by atoms with Crippen molar-refractivity contribution < 1.29 is 19.1 Å². The van der Waals surface area contributed by atoms with Crippen molar-refractivity contribution in [1.82, 2.24) is 15.1 Å². The molecule has 3 rings (SSSR count). The summed E-state index contributed by atoms with van der Waals surface area (Å²) in [7, 11) is 0. The van der Waals surface area contributed by atoms with Gasteiger partial charge in [0.15, 0.2) is 0 Å². The number of hydrogen-bond acceptors (Lipinski definition) is 4. The van der Waals surface area contributed by atoms with Crippen LogP contribution in [-0.4, -0.2) is 60.5 Å². The van der Waals surface area contributed by atoms with Crippen LogP contribution in [0.25, 0.3) is 0 Å². The lowest BCUT2D eigenvalue weighted by Crippen LogP contribution is -2.47. The maximum Gasteiger partial charge on any atom is 0.325 e. The van der Waals surface area contributed by atoms with Gasteiger partial charge >= 0.3 is 6.03 Å². The monoisotopic (exact) mass is 385 g/mol. The third-order valence-electron chi connectivity index (χ3n) is 4.43. The molecule has 2 aliphatic rings. The average Bonchev–Trinajstić information content (AvgIpc) is 2.82. The lowest BCUT2D eigenvalue weighted by molar-refractivity contribution is -0.141. The van der Waals surface area contributed by atoms with Gasteiger partial charge in [0.1, 0.15) is 12.1 Å². The first-order valence-corrected chi connectivity index (χ1v) is 8.53. The largest absolute Gasteiger partial charge is 0.378 e. The first-order valence-electron chi connectivity index (χ1n) is 7.78. The number of ether oxygens (including phenoxy) is 1. The Kier molecular flexibility index (Phi) is 4.90. The number of urea groups is 1. The highest BCUT2D eigenvalue weighted by Gasteiger charge is 2.49. The molecule has 2 fully saturated rings. The van der Waals surface area contributed by atoms with Gasteiger partial charge in [0.2, 0.25) is 5.91 Å². The van der Waals surface area contributed by atoms with Crippen LogP contribution < -0.4 is 5.32 Å². The van der Waals surface area contributed by atoms with Gasteiger partial charge in [-0.2, -0.15) is 0 Å². The van der Waals surface area contributed by atoms with E-state index in [2.05, 4.69) is 5.32 Å². The molecule has 2 heterocycles. The zero-order chi connectivity index (χ0) is 18.2. The molecule has 0 saturated carbocycles. The maximum absolute atomic E-state index is 12.8. The molecule has 0 spiro atoms. The summed E-state index contributed by atoms with van der Waals surface area (Å²) in [5, 5.41) is 3.28. The van der Waals surface area contributed by atoms with E-state index in [1.807, 2.05) is 0 Å². The lowest BCUT2D eigenvalue weighted by Gasteiger charge is -2.28. The number of carbonyl (C=O) groups excluding carboxylic acids is 3. The molecule has 1 aromatic carbocycles. The minimum atomic E-state index is -1.30. The van der Waals surface area contributed by atoms with Gasteiger partial charge < -0.3 is 15.0 Å². The van der Waals surface area contributed by atoms with Gasteiger partial charge in [-0.25, -0.2) is 4.79 Å². The molecule has 134 valence electrons. The van der Waals surface area contributed by atoms with Crippen molar-refractivity contribution >= 4 is 41.0 Å². The summed E-state index contributed by atoms with van der Waals surface area (Å²) in [4.78, 5) is 40.0. The third kappa shape index (κ3) is 3.31. The highest BCUT2D eigenvalue weighted by atomic mass is 35.5. The van der Waals surface area contributed by atoms with E-state index in [1.165, 1.54) is 6.07 Å². The number of benzene rings is 1. The molecule has 1 aromatic rings. The fourth-order valence-electron chi connectivity index (χ4n) is 2.89. The molecule has 2 aliphatic heterocycles. The first kappa shape index (κ1) is 18.0. The average molecular weight is 386 g/mol. The van der Waals surface area contributed by atoms with Crippen LogP contribution in [0.3, 0.4) is 0 Å². The highest BCUT2D eigenvalue weighted by molar-refractivity contribution is 6.42. The maximum atomic E-state index is 12.8. The van der Waals surface area contributed by atoms with Gasteiger partial charge in [-0.15, -0.1) is 0 Å². The van der Waals surface area contributed by atoms with Crippen molar-refractivity contribution in [2.45, 2.75) is 12.5 Å². The minimum absolute atomic E-state index is 0.283. The summed E-state index contributed by atoms with van der Waals surface area (Å²) in [6.07, 6.45) is 0. The Morgan fingerprint density at radius 1 is 1.24 bits per heavy atom. The Morgan fingerprint density at radius 2 is 1.92 bits per heavy atom. The van der Waals surface area contributed by atoms with Crippen LogP contribution in [0.15, 0.2) is 18.2 Å². The smallest absolute Gasteiger partial charge is 0.325 e. The molecule has 0 bridgehead atoms. The Balaban J connectivity index is 1.79. The number of imide groups is 1. The number of nitrogens with one attached hydrogen (secondary N) is 1. The third-order valence-corrected chi connectivity index (χ3v) is 5.17. The molecule has 0 radical (unpaired) electrons. The van der Waals surface area contributed by atoms with E-state index < -0.39 is 17.5 Å². The summed E-state index contributed by atoms with van der Waals surface area (Å²) in [6, 6.07) is 4.11. The molecule has 2 saturated heterocycles. The number of nitrogens with zero attached hydrogens (tertiary/aromatic N) is 2. The summed E-state index contributed by atoms with van der Waals surface area (Å²) in [5.41, 5.74) is -0.794. The van der Waals surface area contributed by atoms with Gasteiger partial charge in [-0.05, 0) is 24.6 Å². The van der Waals surface area contributed by atoms with Crippen LogP contribution in [-0.2, 0) is 19.9 Å². The quantitative estimate of drug-likeness (QED) is 0.801. The van der Waals surface area contributed by atoms with Crippen LogP contribution in [0.4, 0.5) is 4.79 Å². The molecule has 7 nitrogen and oxygen atoms in total. The summed E-state index contributed by atoms with van der Waals surface area (Å²) in [5.74, 6) is -0.789. The first-order chi connectivity index (χ1) is 11.8. The number of morpholine rings is 1. The van der Waals surface area contributed by atoms with E-state index in [0.717, 1.165) is 4.90 Å². The normalized spacial score (nSPS) is 23.8. The molecule has 1 N–H and O–H groups in total. The second kappa shape index (κ2) is 6.82. The summed E-state index contributed by atoms with van der Waals surface area (Å²) >= 11 is 11.9. The zero-order valence-corrected chi connectivity index (χ0v) is 15.1. The van der Waals surface area contributed by atoms with Crippen LogP contribution in [0.2, 0.25) is 10.0 Å². The highest BCUT2D eigenvalue weighted by Crippen LogP contribution is 2.33. The van der Waals surface area contributed by atoms with Crippen molar-refractivity contribution in [3.8, 4) is 0 Å². The summed E-state index contributed by atoms with van der Waals surface area (Å²) in [6.45, 7) is 3.08. The van der Waals surface area contributed by atoms with Gasteiger partial charge in [-0.3, -0.25) is 14.5 Å². The lowest BCUT2D eigenvalue weighted by atomic mass is 9.92. The van der Waals surface area contributed by atoms with E-state index in [9.17, 15) is 14.4 Å². The van der Waals surface area contributed by atoms with Crippen LogP contribution in [0, 0.1) is 0 Å². The molecule has 9 heteroatoms. The topological polar surface area (TPSA) is 79.0 Å². The standard InChI is InChI=1S/C16H17Cl2N3O4/c1-16(10-2-3-11(17)12(18)8-10)14(23)21(15(24)19-16)9-13(22)20-4-6-25-7-5-20/h2-3,8H,4-7,9H2,1H3,(H,19,24)/t16-/m1/s1. The number of carbonyl (C=O) groups is 3. The van der Waals surface area contributed by atoms with Crippen molar-refractivity contribution in [3.63, 3.8) is 0 Å². The van der Waals surface area contributed by atoms with Gasteiger partial charge in [0, 0.05) is 13.1 Å². The molecule has 0 unspecified atom stereocenters. The molecule has 0 aromatic heterocycles. The Labute approximate surface area is 154 Å². The molecule has 4 amide bonds. The number of hydrogen-bond donors (Lipinski definition) is 1. The second-order valence-electron chi connectivity index (χ2n) is 6.07. The molecular weight excluding hydrogens is 369 g/mol. The molecule has 25 heavy (non-hydrogen) atoms. The van der Waals surface area contributed by atoms with Crippen molar-refractivity contribution in [1.29, 1.82) is 0 Å². The van der Waals surface area contributed by atoms with Crippen molar-refractivity contribution in [3.05, 3.63) is 33.8 Å². The van der Waals surface area contributed by atoms with E-state index in [-0.39, 0.29) is 17.5 Å². The van der Waals surface area contributed by atoms with Crippen LogP contribution >= 0.6 is 23.2 Å². The van der Waals surface area contributed by atoms with Crippen molar-refractivity contribution in [2.24, 2.45) is 0 Å². The number of rotatable bonds is 3. The van der Waals surface area contributed by atoms with E-state index in [0.29, 0.717) is 36.9 Å².